The minimum Gasteiger partial charge on any atom is -0.490 e. The number of nitrogens with one attached hydrogen (secondary N) is 1. The average Bonchev–Trinajstić information content (AvgIpc) is 2.38. The van der Waals surface area contributed by atoms with Gasteiger partial charge in [-0.25, -0.2) is 9.97 Å². The summed E-state index contributed by atoms with van der Waals surface area (Å²) in [7, 11) is 1.54. The molecule has 2 rings (SSSR count). The van der Waals surface area contributed by atoms with Crippen molar-refractivity contribution < 1.29 is 4.74 Å². The van der Waals surface area contributed by atoms with E-state index in [1.807, 2.05) is 24.3 Å². The van der Waals surface area contributed by atoms with Crippen LogP contribution in [0, 0.1) is 0 Å². The number of methoxy groups -OCH3 is 1. The molecule has 3 N–H and O–H groups in total. The maximum atomic E-state index is 5.70. The van der Waals surface area contributed by atoms with Crippen LogP contribution in [0.4, 0.5) is 11.6 Å². The standard InChI is InChI=1S/C12H13BrN4O/c1-18-10-11(14)16-7-17-12(10)15-6-8-2-4-9(13)5-3-8/h2-5,7H,6H2,1H3,(H3,14,15,16,17). The number of nitrogens with zero attached hydrogens (tertiary/aromatic N) is 2. The quantitative estimate of drug-likeness (QED) is 0.907. The first kappa shape index (κ1) is 12.6. The molecule has 0 fully saturated rings. The van der Waals surface area contributed by atoms with E-state index < -0.39 is 0 Å². The van der Waals surface area contributed by atoms with Gasteiger partial charge in [-0.1, -0.05) is 28.1 Å². The highest BCUT2D eigenvalue weighted by molar-refractivity contribution is 9.10. The molecule has 6 heteroatoms. The third-order valence-electron chi connectivity index (χ3n) is 2.41. The van der Waals surface area contributed by atoms with Gasteiger partial charge in [-0.2, -0.15) is 0 Å². The number of aromatic nitrogens is 2. The van der Waals surface area contributed by atoms with Crippen molar-refractivity contribution >= 4 is 27.6 Å². The van der Waals surface area contributed by atoms with Crippen molar-refractivity contribution in [2.45, 2.75) is 6.54 Å². The van der Waals surface area contributed by atoms with Crippen molar-refractivity contribution in [1.82, 2.24) is 9.97 Å². The van der Waals surface area contributed by atoms with Crippen molar-refractivity contribution in [3.05, 3.63) is 40.6 Å². The molecule has 0 aliphatic heterocycles. The molecule has 1 aromatic heterocycles. The molecule has 0 amide bonds. The molecule has 0 unspecified atom stereocenters. The molecule has 0 radical (unpaired) electrons. The van der Waals surface area contributed by atoms with Crippen LogP contribution in [0.5, 0.6) is 5.75 Å². The van der Waals surface area contributed by atoms with Crippen molar-refractivity contribution in [2.24, 2.45) is 0 Å². The van der Waals surface area contributed by atoms with Crippen LogP contribution in [0.3, 0.4) is 0 Å². The summed E-state index contributed by atoms with van der Waals surface area (Å²) < 4.78 is 6.21. The lowest BCUT2D eigenvalue weighted by Crippen LogP contribution is -2.06. The average molecular weight is 309 g/mol. The Kier molecular flexibility index (Phi) is 3.99. The summed E-state index contributed by atoms with van der Waals surface area (Å²) in [4.78, 5) is 7.98. The Morgan fingerprint density at radius 3 is 2.67 bits per heavy atom. The molecule has 18 heavy (non-hydrogen) atoms. The summed E-state index contributed by atoms with van der Waals surface area (Å²) >= 11 is 3.40. The monoisotopic (exact) mass is 308 g/mol. The van der Waals surface area contributed by atoms with E-state index in [2.05, 4.69) is 31.2 Å². The van der Waals surface area contributed by atoms with Crippen molar-refractivity contribution in [1.29, 1.82) is 0 Å². The molecule has 0 spiro atoms. The van der Waals surface area contributed by atoms with E-state index in [4.69, 9.17) is 10.5 Å². The smallest absolute Gasteiger partial charge is 0.203 e. The Labute approximate surface area is 114 Å². The van der Waals surface area contributed by atoms with Gasteiger partial charge in [0.25, 0.3) is 0 Å². The molecule has 0 bridgehead atoms. The summed E-state index contributed by atoms with van der Waals surface area (Å²) in [5.74, 6) is 1.38. The van der Waals surface area contributed by atoms with Crippen LogP contribution in [0.15, 0.2) is 35.1 Å². The SMILES string of the molecule is COc1c(N)ncnc1NCc1ccc(Br)cc1. The molecule has 1 heterocycles. The summed E-state index contributed by atoms with van der Waals surface area (Å²) in [6.45, 7) is 0.639. The lowest BCUT2D eigenvalue weighted by Gasteiger charge is -2.11. The third-order valence-corrected chi connectivity index (χ3v) is 2.94. The van der Waals surface area contributed by atoms with Gasteiger partial charge in [0.1, 0.15) is 6.33 Å². The van der Waals surface area contributed by atoms with Crippen molar-refractivity contribution in [2.75, 3.05) is 18.2 Å². The Bertz CT molecular complexity index is 530. The number of anilines is 2. The summed E-state index contributed by atoms with van der Waals surface area (Å²) in [5, 5.41) is 3.17. The van der Waals surface area contributed by atoms with Crippen LogP contribution in [0.1, 0.15) is 5.56 Å². The Morgan fingerprint density at radius 2 is 2.00 bits per heavy atom. The van der Waals surface area contributed by atoms with Crippen LogP contribution < -0.4 is 15.8 Å². The van der Waals surface area contributed by atoms with Gasteiger partial charge in [0.15, 0.2) is 11.6 Å². The van der Waals surface area contributed by atoms with Gasteiger partial charge in [-0.15, -0.1) is 0 Å². The minimum absolute atomic E-state index is 0.325. The van der Waals surface area contributed by atoms with Gasteiger partial charge in [-0.05, 0) is 17.7 Å². The summed E-state index contributed by atoms with van der Waals surface area (Å²) in [6.07, 6.45) is 1.40. The zero-order valence-electron chi connectivity index (χ0n) is 9.85. The van der Waals surface area contributed by atoms with Crippen LogP contribution in [-0.2, 0) is 6.54 Å². The Morgan fingerprint density at radius 1 is 1.28 bits per heavy atom. The van der Waals surface area contributed by atoms with Crippen LogP contribution >= 0.6 is 15.9 Å². The number of hydrogen-bond acceptors (Lipinski definition) is 5. The molecule has 2 aromatic rings. The van der Waals surface area contributed by atoms with Gasteiger partial charge >= 0.3 is 0 Å². The number of halogens is 1. The second-order valence-corrected chi connectivity index (χ2v) is 4.54. The van der Waals surface area contributed by atoms with Crippen LogP contribution in [0.2, 0.25) is 0 Å². The molecular weight excluding hydrogens is 296 g/mol. The molecule has 0 saturated carbocycles. The number of hydrogen-bond donors (Lipinski definition) is 2. The number of benzene rings is 1. The van der Waals surface area contributed by atoms with Gasteiger partial charge in [0.05, 0.1) is 7.11 Å². The Hall–Kier alpha value is -1.82. The second kappa shape index (κ2) is 5.68. The molecular formula is C12H13BrN4O. The molecule has 0 aliphatic rings. The highest BCUT2D eigenvalue weighted by atomic mass is 79.9. The second-order valence-electron chi connectivity index (χ2n) is 3.62. The molecule has 1 aromatic carbocycles. The van der Waals surface area contributed by atoms with Crippen molar-refractivity contribution in [3.63, 3.8) is 0 Å². The van der Waals surface area contributed by atoms with E-state index in [0.717, 1.165) is 10.0 Å². The largest absolute Gasteiger partial charge is 0.490 e. The van der Waals surface area contributed by atoms with E-state index in [1.165, 1.54) is 6.33 Å². The van der Waals surface area contributed by atoms with Gasteiger partial charge < -0.3 is 15.8 Å². The fourth-order valence-corrected chi connectivity index (χ4v) is 1.77. The number of ether oxygens (including phenoxy) is 1. The fraction of sp³-hybridized carbons (Fsp3) is 0.167. The molecule has 94 valence electrons. The number of nitrogen functional groups attached to an aromatic ring is 1. The maximum absolute atomic E-state index is 5.70. The predicted molar refractivity (Wildman–Crippen MR) is 74.5 cm³/mol. The summed E-state index contributed by atoms with van der Waals surface area (Å²) in [6, 6.07) is 8.02. The molecule has 0 atom stereocenters. The van der Waals surface area contributed by atoms with E-state index in [9.17, 15) is 0 Å². The van der Waals surface area contributed by atoms with E-state index in [1.54, 1.807) is 7.11 Å². The van der Waals surface area contributed by atoms with Crippen LogP contribution in [0.25, 0.3) is 0 Å². The van der Waals surface area contributed by atoms with Gasteiger partial charge in [0.2, 0.25) is 5.75 Å². The molecule has 0 aliphatic carbocycles. The zero-order chi connectivity index (χ0) is 13.0. The van der Waals surface area contributed by atoms with E-state index >= 15 is 0 Å². The van der Waals surface area contributed by atoms with Crippen molar-refractivity contribution in [3.8, 4) is 5.75 Å². The molecule has 5 nitrogen and oxygen atoms in total. The normalized spacial score (nSPS) is 10.1. The predicted octanol–water partition coefficient (Wildman–Crippen LogP) is 2.44. The number of nitrogens with two attached hydrogens (primary N) is 1. The van der Waals surface area contributed by atoms with E-state index in [0.29, 0.717) is 23.9 Å². The third kappa shape index (κ3) is 2.89. The Balaban J connectivity index is 2.10. The van der Waals surface area contributed by atoms with Crippen LogP contribution in [-0.4, -0.2) is 17.1 Å². The maximum Gasteiger partial charge on any atom is 0.203 e. The zero-order valence-corrected chi connectivity index (χ0v) is 11.4. The fourth-order valence-electron chi connectivity index (χ4n) is 1.50. The first-order valence-corrected chi connectivity index (χ1v) is 6.13. The topological polar surface area (TPSA) is 73.1 Å². The first-order valence-electron chi connectivity index (χ1n) is 5.33. The number of rotatable bonds is 4. The highest BCUT2D eigenvalue weighted by Crippen LogP contribution is 2.26. The first-order chi connectivity index (χ1) is 8.70. The minimum atomic E-state index is 0.325. The highest BCUT2D eigenvalue weighted by Gasteiger charge is 2.08. The van der Waals surface area contributed by atoms with E-state index in [-0.39, 0.29) is 0 Å². The molecule has 0 saturated heterocycles. The summed E-state index contributed by atoms with van der Waals surface area (Å²) in [5.41, 5.74) is 6.83. The lowest BCUT2D eigenvalue weighted by molar-refractivity contribution is 0.415. The lowest BCUT2D eigenvalue weighted by atomic mass is 10.2. The van der Waals surface area contributed by atoms with Gasteiger partial charge in [0, 0.05) is 11.0 Å². The van der Waals surface area contributed by atoms with Gasteiger partial charge in [-0.3, -0.25) is 0 Å².